The van der Waals surface area contributed by atoms with E-state index in [1.807, 2.05) is 13.8 Å². The SMILES string of the molecule is CCCc1nc(C)c(CNC(=O)[C@H](C)OCC)s1. The first-order chi connectivity index (χ1) is 8.58. The molecule has 0 bridgehead atoms. The van der Waals surface area contributed by atoms with E-state index in [1.165, 1.54) is 0 Å². The smallest absolute Gasteiger partial charge is 0.249 e. The van der Waals surface area contributed by atoms with Crippen molar-refractivity contribution in [3.8, 4) is 0 Å². The van der Waals surface area contributed by atoms with Crippen LogP contribution in [0.5, 0.6) is 0 Å². The van der Waals surface area contributed by atoms with Gasteiger partial charge in [-0.15, -0.1) is 11.3 Å². The number of aryl methyl sites for hydroxylation is 2. The van der Waals surface area contributed by atoms with Crippen LogP contribution < -0.4 is 5.32 Å². The summed E-state index contributed by atoms with van der Waals surface area (Å²) in [6.07, 6.45) is 1.72. The summed E-state index contributed by atoms with van der Waals surface area (Å²) in [6, 6.07) is 0. The van der Waals surface area contributed by atoms with E-state index in [1.54, 1.807) is 18.3 Å². The summed E-state index contributed by atoms with van der Waals surface area (Å²) < 4.78 is 5.24. The highest BCUT2D eigenvalue weighted by atomic mass is 32.1. The van der Waals surface area contributed by atoms with Crippen molar-refractivity contribution in [1.82, 2.24) is 10.3 Å². The first-order valence-corrected chi connectivity index (χ1v) is 7.24. The fraction of sp³-hybridized carbons (Fsp3) is 0.692. The number of hydrogen-bond donors (Lipinski definition) is 1. The number of aromatic nitrogens is 1. The Morgan fingerprint density at radius 1 is 1.50 bits per heavy atom. The van der Waals surface area contributed by atoms with Crippen molar-refractivity contribution in [3.05, 3.63) is 15.6 Å². The molecule has 0 aliphatic rings. The van der Waals surface area contributed by atoms with Crippen molar-refractivity contribution >= 4 is 17.2 Å². The summed E-state index contributed by atoms with van der Waals surface area (Å²) in [5, 5.41) is 4.04. The Morgan fingerprint density at radius 3 is 2.83 bits per heavy atom. The minimum atomic E-state index is -0.390. The lowest BCUT2D eigenvalue weighted by Crippen LogP contribution is -2.34. The second-order valence-electron chi connectivity index (χ2n) is 4.18. The van der Waals surface area contributed by atoms with Gasteiger partial charge in [-0.3, -0.25) is 4.79 Å². The Labute approximate surface area is 113 Å². The normalized spacial score (nSPS) is 12.4. The van der Waals surface area contributed by atoms with E-state index < -0.39 is 6.10 Å². The second kappa shape index (κ2) is 7.48. The Kier molecular flexibility index (Phi) is 6.29. The first-order valence-electron chi connectivity index (χ1n) is 6.42. The van der Waals surface area contributed by atoms with Crippen molar-refractivity contribution in [2.24, 2.45) is 0 Å². The average Bonchev–Trinajstić information content (AvgIpc) is 2.67. The van der Waals surface area contributed by atoms with Gasteiger partial charge in [-0.05, 0) is 33.6 Å². The third-order valence-electron chi connectivity index (χ3n) is 2.61. The van der Waals surface area contributed by atoms with E-state index in [0.717, 1.165) is 28.4 Å². The molecule has 1 atom stereocenters. The Hall–Kier alpha value is -0.940. The van der Waals surface area contributed by atoms with E-state index in [9.17, 15) is 4.79 Å². The van der Waals surface area contributed by atoms with Gasteiger partial charge in [-0.1, -0.05) is 6.92 Å². The van der Waals surface area contributed by atoms with Crippen LogP contribution in [0.3, 0.4) is 0 Å². The third kappa shape index (κ3) is 4.38. The molecule has 1 heterocycles. The number of ether oxygens (including phenoxy) is 1. The number of thiazole rings is 1. The monoisotopic (exact) mass is 270 g/mol. The van der Waals surface area contributed by atoms with Crippen molar-refractivity contribution in [3.63, 3.8) is 0 Å². The van der Waals surface area contributed by atoms with Crippen LogP contribution in [-0.2, 0) is 22.5 Å². The zero-order valence-corrected chi connectivity index (χ0v) is 12.4. The lowest BCUT2D eigenvalue weighted by molar-refractivity contribution is -0.131. The van der Waals surface area contributed by atoms with E-state index in [4.69, 9.17) is 4.74 Å². The van der Waals surface area contributed by atoms with Gasteiger partial charge in [0.2, 0.25) is 5.91 Å². The van der Waals surface area contributed by atoms with Crippen molar-refractivity contribution in [1.29, 1.82) is 0 Å². The average molecular weight is 270 g/mol. The molecule has 0 saturated heterocycles. The Morgan fingerprint density at radius 2 is 2.22 bits per heavy atom. The molecule has 0 spiro atoms. The van der Waals surface area contributed by atoms with Crippen LogP contribution in [0.25, 0.3) is 0 Å². The highest BCUT2D eigenvalue weighted by Crippen LogP contribution is 2.19. The molecule has 1 aromatic heterocycles. The van der Waals surface area contributed by atoms with Crippen LogP contribution in [0.4, 0.5) is 0 Å². The summed E-state index contributed by atoms with van der Waals surface area (Å²) in [6.45, 7) is 8.87. The number of rotatable bonds is 7. The van der Waals surface area contributed by atoms with E-state index >= 15 is 0 Å². The lowest BCUT2D eigenvalue weighted by atomic mass is 10.3. The van der Waals surface area contributed by atoms with Crippen molar-refractivity contribution < 1.29 is 9.53 Å². The molecule has 0 unspecified atom stereocenters. The number of carbonyl (C=O) groups excluding carboxylic acids is 1. The number of nitrogens with one attached hydrogen (secondary N) is 1. The summed E-state index contributed by atoms with van der Waals surface area (Å²) in [5.74, 6) is -0.0679. The van der Waals surface area contributed by atoms with Crippen LogP contribution in [-0.4, -0.2) is 23.6 Å². The van der Waals surface area contributed by atoms with Crippen LogP contribution in [0.1, 0.15) is 42.8 Å². The first kappa shape index (κ1) is 15.1. The molecular weight excluding hydrogens is 248 g/mol. The minimum Gasteiger partial charge on any atom is -0.369 e. The quantitative estimate of drug-likeness (QED) is 0.828. The highest BCUT2D eigenvalue weighted by molar-refractivity contribution is 7.11. The Balaban J connectivity index is 2.50. The molecule has 5 heteroatoms. The second-order valence-corrected chi connectivity index (χ2v) is 5.35. The number of carbonyl (C=O) groups is 1. The topological polar surface area (TPSA) is 51.2 Å². The molecule has 0 aromatic carbocycles. The van der Waals surface area contributed by atoms with Gasteiger partial charge < -0.3 is 10.1 Å². The van der Waals surface area contributed by atoms with Crippen molar-refractivity contribution in [2.45, 2.75) is 53.2 Å². The number of hydrogen-bond acceptors (Lipinski definition) is 4. The molecule has 1 aromatic rings. The van der Waals surface area contributed by atoms with Gasteiger partial charge >= 0.3 is 0 Å². The van der Waals surface area contributed by atoms with E-state index in [-0.39, 0.29) is 5.91 Å². The van der Waals surface area contributed by atoms with Gasteiger partial charge in [-0.25, -0.2) is 4.98 Å². The molecular formula is C13H22N2O2S. The number of amides is 1. The molecule has 102 valence electrons. The summed E-state index contributed by atoms with van der Waals surface area (Å²) in [7, 11) is 0. The fourth-order valence-corrected chi connectivity index (χ4v) is 2.72. The summed E-state index contributed by atoms with van der Waals surface area (Å²) in [4.78, 5) is 17.3. The Bertz CT molecular complexity index is 390. The summed E-state index contributed by atoms with van der Waals surface area (Å²) in [5.41, 5.74) is 1.02. The minimum absolute atomic E-state index is 0.0679. The molecule has 4 nitrogen and oxygen atoms in total. The molecule has 0 radical (unpaired) electrons. The predicted molar refractivity (Wildman–Crippen MR) is 73.8 cm³/mol. The molecule has 0 aliphatic heterocycles. The van der Waals surface area contributed by atoms with Gasteiger partial charge in [0.1, 0.15) is 6.10 Å². The van der Waals surface area contributed by atoms with Crippen LogP contribution in [0.2, 0.25) is 0 Å². The van der Waals surface area contributed by atoms with Gasteiger partial charge in [0.15, 0.2) is 0 Å². The maximum Gasteiger partial charge on any atom is 0.249 e. The highest BCUT2D eigenvalue weighted by Gasteiger charge is 2.13. The standard InChI is InChI=1S/C13H22N2O2S/c1-5-7-12-15-9(3)11(18-12)8-14-13(16)10(4)17-6-2/h10H,5-8H2,1-4H3,(H,14,16)/t10-/m0/s1. The maximum atomic E-state index is 11.7. The molecule has 1 amide bonds. The zero-order valence-electron chi connectivity index (χ0n) is 11.6. The van der Waals surface area contributed by atoms with Crippen molar-refractivity contribution in [2.75, 3.05) is 6.61 Å². The maximum absolute atomic E-state index is 11.7. The molecule has 18 heavy (non-hydrogen) atoms. The fourth-order valence-electron chi connectivity index (χ4n) is 1.61. The zero-order chi connectivity index (χ0) is 13.5. The van der Waals surface area contributed by atoms with E-state index in [0.29, 0.717) is 13.2 Å². The molecule has 0 aliphatic carbocycles. The van der Waals surface area contributed by atoms with Crippen LogP contribution in [0.15, 0.2) is 0 Å². The predicted octanol–water partition coefficient (Wildman–Crippen LogP) is 2.45. The van der Waals surface area contributed by atoms with E-state index in [2.05, 4.69) is 17.2 Å². The third-order valence-corrected chi connectivity index (χ3v) is 3.83. The van der Waals surface area contributed by atoms with Crippen LogP contribution >= 0.6 is 11.3 Å². The molecule has 0 fully saturated rings. The lowest BCUT2D eigenvalue weighted by Gasteiger charge is -2.11. The van der Waals surface area contributed by atoms with Crippen LogP contribution in [0, 0.1) is 6.92 Å². The van der Waals surface area contributed by atoms with Gasteiger partial charge in [0.05, 0.1) is 17.2 Å². The summed E-state index contributed by atoms with van der Waals surface area (Å²) >= 11 is 1.68. The number of nitrogens with zero attached hydrogens (tertiary/aromatic N) is 1. The van der Waals surface area contributed by atoms with Gasteiger partial charge in [-0.2, -0.15) is 0 Å². The van der Waals surface area contributed by atoms with Gasteiger partial charge in [0, 0.05) is 11.5 Å². The molecule has 1 N–H and O–H groups in total. The largest absolute Gasteiger partial charge is 0.369 e. The van der Waals surface area contributed by atoms with Gasteiger partial charge in [0.25, 0.3) is 0 Å². The molecule has 1 rings (SSSR count). The molecule has 0 saturated carbocycles.